The van der Waals surface area contributed by atoms with Crippen LogP contribution < -0.4 is 0 Å². The zero-order valence-corrected chi connectivity index (χ0v) is 27.0. The number of benzene rings is 3. The van der Waals surface area contributed by atoms with Crippen molar-refractivity contribution in [1.82, 2.24) is 0 Å². The van der Waals surface area contributed by atoms with Gasteiger partial charge in [0.05, 0.1) is 0 Å². The number of unbranched alkanes of at least 4 members (excludes halogenated alkanes) is 6. The van der Waals surface area contributed by atoms with Crippen LogP contribution in [0.2, 0.25) is 0 Å². The van der Waals surface area contributed by atoms with Crippen molar-refractivity contribution >= 4 is 0 Å². The van der Waals surface area contributed by atoms with Gasteiger partial charge >= 0.3 is 0 Å². The molecule has 3 aromatic carbocycles. The van der Waals surface area contributed by atoms with Crippen molar-refractivity contribution in [1.29, 1.82) is 0 Å². The Kier molecular flexibility index (Phi) is 12.0. The summed E-state index contributed by atoms with van der Waals surface area (Å²) in [5, 5.41) is 0. The van der Waals surface area contributed by atoms with Gasteiger partial charge in [-0.15, -0.1) is 6.58 Å². The van der Waals surface area contributed by atoms with Crippen LogP contribution in [0.5, 0.6) is 0 Å². The molecule has 2 aliphatic rings. The summed E-state index contributed by atoms with van der Waals surface area (Å²) in [7, 11) is 0. The second kappa shape index (κ2) is 16.1. The van der Waals surface area contributed by atoms with Gasteiger partial charge in [0.25, 0.3) is 0 Å². The Morgan fingerprint density at radius 2 is 1.09 bits per heavy atom. The molecule has 0 spiro atoms. The topological polar surface area (TPSA) is 0 Å². The van der Waals surface area contributed by atoms with Crippen LogP contribution in [0.15, 0.2) is 61.2 Å². The van der Waals surface area contributed by atoms with Crippen molar-refractivity contribution in [3.63, 3.8) is 0 Å². The molecule has 3 aromatic rings. The van der Waals surface area contributed by atoms with E-state index in [4.69, 9.17) is 0 Å². The van der Waals surface area contributed by atoms with Crippen LogP contribution in [0.25, 0.3) is 22.3 Å². The van der Waals surface area contributed by atoms with E-state index in [0.717, 1.165) is 50.9 Å². The molecular formula is C41H50F4. The Morgan fingerprint density at radius 3 is 1.67 bits per heavy atom. The molecule has 242 valence electrons. The van der Waals surface area contributed by atoms with Gasteiger partial charge in [-0.25, -0.2) is 17.6 Å². The highest BCUT2D eigenvalue weighted by atomic mass is 19.2. The van der Waals surface area contributed by atoms with E-state index in [1.54, 1.807) is 48.5 Å². The van der Waals surface area contributed by atoms with Crippen LogP contribution in [0.1, 0.15) is 120 Å². The van der Waals surface area contributed by atoms with E-state index in [1.807, 2.05) is 0 Å². The maximum atomic E-state index is 15.5. The molecule has 2 saturated carbocycles. The molecule has 2 fully saturated rings. The third-order valence-electron chi connectivity index (χ3n) is 10.9. The van der Waals surface area contributed by atoms with Crippen LogP contribution in [-0.4, -0.2) is 0 Å². The SMILES string of the molecule is C=CC1CCC(C2CCC(c3ccc(-c4ccc(-c5ccc(CCCCCCCCC)c(F)c5F)cc4)c(F)c3F)CC2)CC1. The van der Waals surface area contributed by atoms with Gasteiger partial charge in [0.1, 0.15) is 0 Å². The number of halogens is 4. The highest BCUT2D eigenvalue weighted by Crippen LogP contribution is 2.45. The molecule has 0 aromatic heterocycles. The minimum absolute atomic E-state index is 0.0447. The fraction of sp³-hybridized carbons (Fsp3) is 0.512. The first-order valence-electron chi connectivity index (χ1n) is 17.6. The molecule has 0 N–H and O–H groups in total. The highest BCUT2D eigenvalue weighted by Gasteiger charge is 2.32. The van der Waals surface area contributed by atoms with Crippen molar-refractivity contribution in [2.75, 3.05) is 0 Å². The van der Waals surface area contributed by atoms with Gasteiger partial charge in [-0.3, -0.25) is 0 Å². The van der Waals surface area contributed by atoms with Crippen molar-refractivity contribution < 1.29 is 17.6 Å². The van der Waals surface area contributed by atoms with Crippen molar-refractivity contribution in [3.05, 3.63) is 95.6 Å². The zero-order chi connectivity index (χ0) is 31.8. The molecule has 0 bridgehead atoms. The Labute approximate surface area is 268 Å². The molecule has 0 amide bonds. The van der Waals surface area contributed by atoms with Crippen LogP contribution in [0.4, 0.5) is 17.6 Å². The third-order valence-corrected chi connectivity index (χ3v) is 10.9. The summed E-state index contributed by atoms with van der Waals surface area (Å²) in [4.78, 5) is 0. The van der Waals surface area contributed by atoms with Crippen LogP contribution in [0, 0.1) is 41.0 Å². The molecule has 0 atom stereocenters. The van der Waals surface area contributed by atoms with E-state index in [2.05, 4.69) is 19.6 Å². The van der Waals surface area contributed by atoms with Gasteiger partial charge in [-0.2, -0.15) is 0 Å². The lowest BCUT2D eigenvalue weighted by molar-refractivity contribution is 0.171. The van der Waals surface area contributed by atoms with E-state index < -0.39 is 23.3 Å². The van der Waals surface area contributed by atoms with Crippen molar-refractivity contribution in [2.24, 2.45) is 17.8 Å². The fourth-order valence-electron chi connectivity index (χ4n) is 7.96. The second-order valence-electron chi connectivity index (χ2n) is 13.7. The maximum absolute atomic E-state index is 15.5. The van der Waals surface area contributed by atoms with Gasteiger partial charge in [0.2, 0.25) is 0 Å². The number of rotatable bonds is 13. The number of hydrogen-bond acceptors (Lipinski definition) is 0. The van der Waals surface area contributed by atoms with Gasteiger partial charge in [-0.05, 0) is 110 Å². The number of hydrogen-bond donors (Lipinski definition) is 0. The maximum Gasteiger partial charge on any atom is 0.166 e. The quantitative estimate of drug-likeness (QED) is 0.102. The monoisotopic (exact) mass is 618 g/mol. The first-order valence-corrected chi connectivity index (χ1v) is 17.6. The first-order chi connectivity index (χ1) is 21.9. The van der Waals surface area contributed by atoms with Gasteiger partial charge < -0.3 is 0 Å². The molecule has 0 saturated heterocycles. The summed E-state index contributed by atoms with van der Waals surface area (Å²) >= 11 is 0. The largest absolute Gasteiger partial charge is 0.203 e. The summed E-state index contributed by atoms with van der Waals surface area (Å²) in [5.74, 6) is -1.09. The van der Waals surface area contributed by atoms with Gasteiger partial charge in [-0.1, -0.05) is 100 Å². The van der Waals surface area contributed by atoms with Crippen molar-refractivity contribution in [2.45, 2.75) is 116 Å². The summed E-state index contributed by atoms with van der Waals surface area (Å²) in [6, 6.07) is 13.3. The lowest BCUT2D eigenvalue weighted by atomic mass is 9.68. The Bertz CT molecular complexity index is 1390. The molecule has 0 heterocycles. The molecular weight excluding hydrogens is 568 g/mol. The predicted octanol–water partition coefficient (Wildman–Crippen LogP) is 13.1. The lowest BCUT2D eigenvalue weighted by Crippen LogP contribution is -2.25. The van der Waals surface area contributed by atoms with E-state index in [9.17, 15) is 4.39 Å². The molecule has 2 aliphatic carbocycles. The first kappa shape index (κ1) is 33.5. The summed E-state index contributed by atoms with van der Waals surface area (Å²) < 4.78 is 60.9. The number of aryl methyl sites for hydroxylation is 1. The average molecular weight is 619 g/mol. The second-order valence-corrected chi connectivity index (χ2v) is 13.7. The van der Waals surface area contributed by atoms with E-state index in [0.29, 0.717) is 40.5 Å². The lowest BCUT2D eigenvalue weighted by Gasteiger charge is -2.37. The normalized spacial score (nSPS) is 22.0. The minimum atomic E-state index is -0.857. The number of allylic oxidation sites excluding steroid dienone is 1. The molecule has 5 rings (SSSR count). The molecule has 4 heteroatoms. The smallest absolute Gasteiger partial charge is 0.166 e. The van der Waals surface area contributed by atoms with E-state index >= 15 is 13.2 Å². The zero-order valence-electron chi connectivity index (χ0n) is 27.0. The molecule has 0 unspecified atom stereocenters. The van der Waals surface area contributed by atoms with Gasteiger partial charge in [0.15, 0.2) is 23.3 Å². The standard InChI is InChI=1S/C41H50F4/c1-3-5-6-7-8-9-10-11-34-24-25-35(39(43)38(34)42)32-20-22-33(23-21-32)37-27-26-36(40(44)41(37)45)31-18-16-30(17-19-31)29-14-12-28(4-2)13-15-29/h4,20-31H,2-3,5-19H2,1H3. The van der Waals surface area contributed by atoms with Gasteiger partial charge in [0, 0.05) is 11.1 Å². The fourth-order valence-corrected chi connectivity index (χ4v) is 7.96. The Morgan fingerprint density at radius 1 is 0.578 bits per heavy atom. The van der Waals surface area contributed by atoms with Crippen LogP contribution in [0.3, 0.4) is 0 Å². The van der Waals surface area contributed by atoms with Crippen LogP contribution >= 0.6 is 0 Å². The van der Waals surface area contributed by atoms with E-state index in [-0.39, 0.29) is 17.0 Å². The van der Waals surface area contributed by atoms with Crippen molar-refractivity contribution in [3.8, 4) is 22.3 Å². The Balaban J connectivity index is 1.19. The van der Waals surface area contributed by atoms with Crippen LogP contribution in [-0.2, 0) is 6.42 Å². The minimum Gasteiger partial charge on any atom is -0.203 e. The third kappa shape index (κ3) is 8.10. The predicted molar refractivity (Wildman–Crippen MR) is 179 cm³/mol. The molecule has 0 aliphatic heterocycles. The summed E-state index contributed by atoms with van der Waals surface area (Å²) in [6.07, 6.45) is 19.4. The summed E-state index contributed by atoms with van der Waals surface area (Å²) in [6.45, 7) is 6.15. The molecule has 0 radical (unpaired) electrons. The highest BCUT2D eigenvalue weighted by molar-refractivity contribution is 5.71. The summed E-state index contributed by atoms with van der Waals surface area (Å²) in [5.41, 5.74) is 2.27. The van der Waals surface area contributed by atoms with E-state index in [1.165, 1.54) is 51.4 Å². The average Bonchev–Trinajstić information content (AvgIpc) is 3.08. The molecule has 45 heavy (non-hydrogen) atoms. The Hall–Kier alpha value is -2.88. The molecule has 0 nitrogen and oxygen atoms in total.